The minimum absolute atomic E-state index is 0.0732. The van der Waals surface area contributed by atoms with Crippen molar-refractivity contribution in [3.05, 3.63) is 35.4 Å². The summed E-state index contributed by atoms with van der Waals surface area (Å²) < 4.78 is 5.49. The topological polar surface area (TPSA) is 38.3 Å². The van der Waals surface area contributed by atoms with Gasteiger partial charge >= 0.3 is 0 Å². The Morgan fingerprint density at radius 1 is 1.30 bits per heavy atom. The van der Waals surface area contributed by atoms with Gasteiger partial charge in [-0.3, -0.25) is 4.79 Å². The summed E-state index contributed by atoms with van der Waals surface area (Å²) in [7, 11) is 0. The lowest BCUT2D eigenvalue weighted by Crippen LogP contribution is -2.32. The minimum atomic E-state index is 0.0732. The number of nitrogens with one attached hydrogen (secondary N) is 1. The molecule has 3 nitrogen and oxygen atoms in total. The van der Waals surface area contributed by atoms with E-state index in [0.29, 0.717) is 13.0 Å². The van der Waals surface area contributed by atoms with Gasteiger partial charge in [-0.15, -0.1) is 0 Å². The predicted molar refractivity (Wildman–Crippen MR) is 80.8 cm³/mol. The number of carbonyl (C=O) groups excluding carboxylic acids is 1. The summed E-state index contributed by atoms with van der Waals surface area (Å²) in [4.78, 5) is 11.9. The molecule has 2 rings (SSSR count). The Hall–Kier alpha value is -1.35. The maximum absolute atomic E-state index is 11.9. The van der Waals surface area contributed by atoms with Crippen LogP contribution in [-0.4, -0.2) is 25.2 Å². The predicted octanol–water partition coefficient (Wildman–Crippen LogP) is 2.82. The van der Waals surface area contributed by atoms with Gasteiger partial charge in [0, 0.05) is 13.2 Å². The Morgan fingerprint density at radius 3 is 2.55 bits per heavy atom. The molecular weight excluding hydrogens is 250 g/mol. The monoisotopic (exact) mass is 275 g/mol. The highest BCUT2D eigenvalue weighted by Crippen LogP contribution is 2.22. The van der Waals surface area contributed by atoms with Crippen molar-refractivity contribution in [3.8, 4) is 0 Å². The van der Waals surface area contributed by atoms with Crippen molar-refractivity contribution >= 4 is 5.91 Å². The fourth-order valence-electron chi connectivity index (χ4n) is 2.40. The molecule has 1 aromatic rings. The molecule has 1 fully saturated rings. The number of benzene rings is 1. The number of hydrogen-bond acceptors (Lipinski definition) is 2. The third-order valence-corrected chi connectivity index (χ3v) is 3.74. The minimum Gasteiger partial charge on any atom is -0.376 e. The first-order chi connectivity index (χ1) is 9.45. The van der Waals surface area contributed by atoms with Crippen LogP contribution in [0.3, 0.4) is 0 Å². The van der Waals surface area contributed by atoms with E-state index in [9.17, 15) is 4.79 Å². The van der Waals surface area contributed by atoms with Crippen molar-refractivity contribution in [2.45, 2.75) is 51.6 Å². The van der Waals surface area contributed by atoms with E-state index in [0.717, 1.165) is 25.0 Å². The van der Waals surface area contributed by atoms with E-state index in [1.807, 2.05) is 12.1 Å². The Labute approximate surface area is 121 Å². The highest BCUT2D eigenvalue weighted by atomic mass is 16.5. The molecule has 1 heterocycles. The second-order valence-corrected chi connectivity index (χ2v) is 6.56. The standard InChI is InChI=1S/C17H25NO2/c1-17(2,3)14-8-6-13(7-9-14)11-16(19)18-12-15-5-4-10-20-15/h6-9,15H,4-5,10-12H2,1-3H3,(H,18,19). The lowest BCUT2D eigenvalue weighted by Gasteiger charge is -2.19. The molecule has 1 aliphatic heterocycles. The molecule has 1 atom stereocenters. The molecule has 0 saturated carbocycles. The largest absolute Gasteiger partial charge is 0.376 e. The van der Waals surface area contributed by atoms with Crippen LogP contribution in [0.4, 0.5) is 0 Å². The van der Waals surface area contributed by atoms with Gasteiger partial charge in [-0.05, 0) is 29.4 Å². The smallest absolute Gasteiger partial charge is 0.224 e. The van der Waals surface area contributed by atoms with Crippen LogP contribution in [0.1, 0.15) is 44.7 Å². The zero-order valence-electron chi connectivity index (χ0n) is 12.7. The third-order valence-electron chi connectivity index (χ3n) is 3.74. The lowest BCUT2D eigenvalue weighted by atomic mass is 9.86. The van der Waals surface area contributed by atoms with E-state index >= 15 is 0 Å². The first-order valence-corrected chi connectivity index (χ1v) is 7.43. The summed E-state index contributed by atoms with van der Waals surface area (Å²) in [5.74, 6) is 0.0732. The van der Waals surface area contributed by atoms with Crippen LogP contribution in [0.15, 0.2) is 24.3 Å². The van der Waals surface area contributed by atoms with Crippen molar-refractivity contribution in [3.63, 3.8) is 0 Å². The maximum atomic E-state index is 11.9. The molecule has 1 amide bonds. The van der Waals surface area contributed by atoms with Crippen LogP contribution in [0.2, 0.25) is 0 Å². The highest BCUT2D eigenvalue weighted by molar-refractivity contribution is 5.78. The van der Waals surface area contributed by atoms with E-state index in [1.54, 1.807) is 0 Å². The van der Waals surface area contributed by atoms with Crippen molar-refractivity contribution in [1.29, 1.82) is 0 Å². The summed E-state index contributed by atoms with van der Waals surface area (Å²) in [5, 5.41) is 2.95. The number of rotatable bonds is 4. The Bertz CT molecular complexity index is 439. The first kappa shape index (κ1) is 15.0. The van der Waals surface area contributed by atoms with Gasteiger partial charge in [0.25, 0.3) is 0 Å². The molecular formula is C17H25NO2. The normalized spacial score (nSPS) is 19.1. The Morgan fingerprint density at radius 2 is 2.00 bits per heavy atom. The van der Waals surface area contributed by atoms with Crippen molar-refractivity contribution in [1.82, 2.24) is 5.32 Å². The number of ether oxygens (including phenoxy) is 1. The number of amides is 1. The van der Waals surface area contributed by atoms with Crippen LogP contribution in [0, 0.1) is 0 Å². The van der Waals surface area contributed by atoms with Crippen LogP contribution >= 0.6 is 0 Å². The molecule has 1 aliphatic rings. The first-order valence-electron chi connectivity index (χ1n) is 7.43. The summed E-state index contributed by atoms with van der Waals surface area (Å²) in [6.07, 6.45) is 2.81. The zero-order chi connectivity index (χ0) is 14.6. The molecule has 1 aromatic carbocycles. The molecule has 0 aliphatic carbocycles. The van der Waals surface area contributed by atoms with Gasteiger partial charge in [0.1, 0.15) is 0 Å². The SMILES string of the molecule is CC(C)(C)c1ccc(CC(=O)NCC2CCCO2)cc1. The summed E-state index contributed by atoms with van der Waals surface area (Å²) in [6, 6.07) is 8.32. The molecule has 20 heavy (non-hydrogen) atoms. The van der Waals surface area contributed by atoms with Gasteiger partial charge in [-0.25, -0.2) is 0 Å². The Kier molecular flexibility index (Phi) is 4.81. The van der Waals surface area contributed by atoms with Crippen molar-refractivity contribution in [2.75, 3.05) is 13.2 Å². The van der Waals surface area contributed by atoms with Crippen LogP contribution < -0.4 is 5.32 Å². The molecule has 1 unspecified atom stereocenters. The van der Waals surface area contributed by atoms with Crippen molar-refractivity contribution < 1.29 is 9.53 Å². The molecule has 0 radical (unpaired) electrons. The summed E-state index contributed by atoms with van der Waals surface area (Å²) in [5.41, 5.74) is 2.50. The average Bonchev–Trinajstić information content (AvgIpc) is 2.89. The van der Waals surface area contributed by atoms with Gasteiger partial charge in [-0.2, -0.15) is 0 Å². The van der Waals surface area contributed by atoms with Gasteiger partial charge in [0.05, 0.1) is 12.5 Å². The number of carbonyl (C=O) groups is 1. The van der Waals surface area contributed by atoms with Crippen LogP contribution in [0.5, 0.6) is 0 Å². The Balaban J connectivity index is 1.81. The second kappa shape index (κ2) is 6.40. The van der Waals surface area contributed by atoms with Gasteiger partial charge < -0.3 is 10.1 Å². The van der Waals surface area contributed by atoms with Crippen LogP contribution in [0.25, 0.3) is 0 Å². The maximum Gasteiger partial charge on any atom is 0.224 e. The average molecular weight is 275 g/mol. The van der Waals surface area contributed by atoms with Gasteiger partial charge in [0.2, 0.25) is 5.91 Å². The lowest BCUT2D eigenvalue weighted by molar-refractivity contribution is -0.120. The molecule has 1 N–H and O–H groups in total. The van der Waals surface area contributed by atoms with E-state index in [-0.39, 0.29) is 17.4 Å². The molecule has 0 spiro atoms. The van der Waals surface area contributed by atoms with Gasteiger partial charge in [0.15, 0.2) is 0 Å². The summed E-state index contributed by atoms with van der Waals surface area (Å²) >= 11 is 0. The molecule has 3 heteroatoms. The van der Waals surface area contributed by atoms with E-state index in [2.05, 4.69) is 38.2 Å². The number of hydrogen-bond donors (Lipinski definition) is 1. The summed E-state index contributed by atoms with van der Waals surface area (Å²) in [6.45, 7) is 8.04. The van der Waals surface area contributed by atoms with Crippen molar-refractivity contribution in [2.24, 2.45) is 0 Å². The van der Waals surface area contributed by atoms with E-state index in [1.165, 1.54) is 5.56 Å². The fourth-order valence-corrected chi connectivity index (χ4v) is 2.40. The highest BCUT2D eigenvalue weighted by Gasteiger charge is 2.16. The molecule has 0 bridgehead atoms. The third kappa shape index (κ3) is 4.34. The quantitative estimate of drug-likeness (QED) is 0.917. The molecule has 110 valence electrons. The van der Waals surface area contributed by atoms with Gasteiger partial charge in [-0.1, -0.05) is 45.0 Å². The van der Waals surface area contributed by atoms with Crippen LogP contribution in [-0.2, 0) is 21.4 Å². The van der Waals surface area contributed by atoms with E-state index < -0.39 is 0 Å². The van der Waals surface area contributed by atoms with E-state index in [4.69, 9.17) is 4.74 Å². The molecule has 1 saturated heterocycles. The fraction of sp³-hybridized carbons (Fsp3) is 0.588. The molecule has 0 aromatic heterocycles. The zero-order valence-corrected chi connectivity index (χ0v) is 12.7. The second-order valence-electron chi connectivity index (χ2n) is 6.56.